The smallest absolute Gasteiger partial charge is 0.412 e. The fraction of sp³-hybridized carbons (Fsp3) is 0.467. The summed E-state index contributed by atoms with van der Waals surface area (Å²) in [4.78, 5) is 11.5. The molecule has 1 aromatic carbocycles. The minimum Gasteiger partial charge on any atom is -0.449 e. The lowest BCUT2D eigenvalue weighted by Gasteiger charge is -2.08. The predicted octanol–water partition coefficient (Wildman–Crippen LogP) is 2.78. The van der Waals surface area contributed by atoms with Crippen LogP contribution in [0.15, 0.2) is 24.3 Å². The number of nitrogens with one attached hydrogen (secondary N) is 2. The second kappa shape index (κ2) is 9.09. The fourth-order valence-corrected chi connectivity index (χ4v) is 1.71. The van der Waals surface area contributed by atoms with Crippen molar-refractivity contribution in [3.05, 3.63) is 35.4 Å². The third-order valence-electron chi connectivity index (χ3n) is 2.94. The van der Waals surface area contributed by atoms with E-state index in [0.717, 1.165) is 31.2 Å². The molecule has 5 nitrogen and oxygen atoms in total. The number of unbranched alkanes of at least 4 members (excludes halogenated alkanes) is 3. The molecule has 0 aliphatic rings. The highest BCUT2D eigenvalue weighted by Gasteiger charge is 2.07. The highest BCUT2D eigenvalue weighted by atomic mass is 16.5. The summed E-state index contributed by atoms with van der Waals surface area (Å²) in [6, 6.07) is 7.18. The predicted molar refractivity (Wildman–Crippen MR) is 79.8 cm³/mol. The number of carbonyl (C=O) groups excluding carboxylic acids is 1. The van der Waals surface area contributed by atoms with Crippen molar-refractivity contribution in [3.63, 3.8) is 0 Å². The molecule has 0 radical (unpaired) electrons. The zero-order valence-corrected chi connectivity index (χ0v) is 11.9. The number of carbonyl (C=O) groups is 1. The molecule has 0 bridgehead atoms. The lowest BCUT2D eigenvalue weighted by molar-refractivity contribution is 0.149. The lowest BCUT2D eigenvalue weighted by atomic mass is 10.1. The van der Waals surface area contributed by atoms with Gasteiger partial charge < -0.3 is 10.5 Å². The van der Waals surface area contributed by atoms with E-state index in [1.54, 1.807) is 12.1 Å². The monoisotopic (exact) mass is 277 g/mol. The molecule has 0 atom stereocenters. The van der Waals surface area contributed by atoms with Gasteiger partial charge in [-0.05, 0) is 12.0 Å². The summed E-state index contributed by atoms with van der Waals surface area (Å²) in [5, 5.41) is 10.2. The van der Waals surface area contributed by atoms with Gasteiger partial charge in [0.05, 0.1) is 6.61 Å². The van der Waals surface area contributed by atoms with Crippen molar-refractivity contribution in [2.75, 3.05) is 6.61 Å². The molecule has 0 aromatic heterocycles. The molecule has 0 aliphatic heterocycles. The largest absolute Gasteiger partial charge is 0.449 e. The van der Waals surface area contributed by atoms with Crippen LogP contribution in [-0.4, -0.2) is 18.5 Å². The molecule has 0 unspecified atom stereocenters. The van der Waals surface area contributed by atoms with E-state index in [1.807, 2.05) is 12.1 Å². The molecular weight excluding hydrogens is 254 g/mol. The number of hydrogen-bond acceptors (Lipinski definition) is 4. The number of amides is 1. The van der Waals surface area contributed by atoms with Crippen molar-refractivity contribution < 1.29 is 9.53 Å². The minimum atomic E-state index is -0.575. The average Bonchev–Trinajstić information content (AvgIpc) is 2.47. The number of hydrogen-bond donors (Lipinski definition) is 3. The zero-order valence-electron chi connectivity index (χ0n) is 11.9. The molecule has 0 fully saturated rings. The molecule has 1 rings (SSSR count). The molecule has 0 saturated carbocycles. The first kappa shape index (κ1) is 16.2. The van der Waals surface area contributed by atoms with Crippen molar-refractivity contribution in [1.29, 1.82) is 5.41 Å². The van der Waals surface area contributed by atoms with Gasteiger partial charge in [-0.25, -0.2) is 4.79 Å². The maximum atomic E-state index is 11.5. The molecule has 0 saturated heterocycles. The summed E-state index contributed by atoms with van der Waals surface area (Å²) in [5.41, 5.74) is 7.12. The highest BCUT2D eigenvalue weighted by Crippen LogP contribution is 2.04. The lowest BCUT2D eigenvalue weighted by Crippen LogP contribution is -2.31. The highest BCUT2D eigenvalue weighted by molar-refractivity contribution is 6.04. The van der Waals surface area contributed by atoms with E-state index in [0.29, 0.717) is 18.7 Å². The van der Waals surface area contributed by atoms with E-state index in [4.69, 9.17) is 15.9 Å². The Kier molecular flexibility index (Phi) is 7.35. The van der Waals surface area contributed by atoms with Gasteiger partial charge in [0.25, 0.3) is 0 Å². The third-order valence-corrected chi connectivity index (χ3v) is 2.94. The van der Waals surface area contributed by atoms with Crippen LogP contribution in [-0.2, 0) is 11.3 Å². The third kappa shape index (κ3) is 5.84. The maximum absolute atomic E-state index is 11.5. The van der Waals surface area contributed by atoms with Crippen molar-refractivity contribution >= 4 is 11.9 Å². The van der Waals surface area contributed by atoms with Crippen LogP contribution in [0.4, 0.5) is 4.79 Å². The number of nitrogens with two attached hydrogens (primary N) is 1. The van der Waals surface area contributed by atoms with Crippen molar-refractivity contribution in [3.8, 4) is 0 Å². The van der Waals surface area contributed by atoms with E-state index in [1.165, 1.54) is 0 Å². The van der Waals surface area contributed by atoms with Crippen LogP contribution in [0.3, 0.4) is 0 Å². The molecule has 4 N–H and O–H groups in total. The maximum Gasteiger partial charge on any atom is 0.412 e. The number of alkyl carbamates (subject to hydrolysis) is 1. The summed E-state index contributed by atoms with van der Waals surface area (Å²) in [6.07, 6.45) is 3.64. The Morgan fingerprint density at radius 3 is 2.55 bits per heavy atom. The van der Waals surface area contributed by atoms with E-state index in [2.05, 4.69) is 12.2 Å². The van der Waals surface area contributed by atoms with Gasteiger partial charge in [0, 0.05) is 12.1 Å². The molecule has 1 aromatic rings. The first-order valence-corrected chi connectivity index (χ1v) is 6.99. The second-order valence-corrected chi connectivity index (χ2v) is 4.60. The zero-order chi connectivity index (χ0) is 14.8. The summed E-state index contributed by atoms with van der Waals surface area (Å²) >= 11 is 0. The topological polar surface area (TPSA) is 88.2 Å². The van der Waals surface area contributed by atoms with Crippen LogP contribution >= 0.6 is 0 Å². The Hall–Kier alpha value is -1.88. The Labute approximate surface area is 120 Å². The van der Waals surface area contributed by atoms with Crippen LogP contribution in [0.5, 0.6) is 0 Å². The Balaban J connectivity index is 2.31. The van der Waals surface area contributed by atoms with Gasteiger partial charge in [0.15, 0.2) is 0 Å². The van der Waals surface area contributed by atoms with Gasteiger partial charge in [-0.15, -0.1) is 0 Å². The quantitative estimate of drug-likeness (QED) is 0.407. The van der Waals surface area contributed by atoms with Crippen molar-refractivity contribution in [2.45, 2.75) is 39.2 Å². The fourth-order valence-electron chi connectivity index (χ4n) is 1.71. The molecule has 0 heterocycles. The van der Waals surface area contributed by atoms with Gasteiger partial charge in [0.1, 0.15) is 5.84 Å². The Morgan fingerprint density at radius 1 is 1.25 bits per heavy atom. The Morgan fingerprint density at radius 2 is 1.95 bits per heavy atom. The van der Waals surface area contributed by atoms with Gasteiger partial charge in [-0.3, -0.25) is 10.7 Å². The summed E-state index contributed by atoms with van der Waals surface area (Å²) < 4.78 is 5.01. The normalized spacial score (nSPS) is 10.1. The molecule has 5 heteroatoms. The SMILES string of the molecule is CCCCCCOC(=O)NC(=N)c1ccc(CN)cc1. The van der Waals surface area contributed by atoms with Crippen LogP contribution in [0.25, 0.3) is 0 Å². The van der Waals surface area contributed by atoms with E-state index in [-0.39, 0.29) is 5.84 Å². The number of amidine groups is 1. The van der Waals surface area contributed by atoms with E-state index in [9.17, 15) is 4.79 Å². The van der Waals surface area contributed by atoms with Gasteiger partial charge in [0.2, 0.25) is 0 Å². The molecule has 1 amide bonds. The molecule has 0 aliphatic carbocycles. The van der Waals surface area contributed by atoms with Gasteiger partial charge >= 0.3 is 6.09 Å². The first-order chi connectivity index (χ1) is 9.67. The summed E-state index contributed by atoms with van der Waals surface area (Å²) in [5.74, 6) is 0.0344. The van der Waals surface area contributed by atoms with Crippen LogP contribution in [0.2, 0.25) is 0 Å². The molecule has 0 spiro atoms. The number of rotatable bonds is 7. The second-order valence-electron chi connectivity index (χ2n) is 4.60. The van der Waals surface area contributed by atoms with Crippen LogP contribution in [0.1, 0.15) is 43.7 Å². The summed E-state index contributed by atoms with van der Waals surface area (Å²) in [6.45, 7) is 2.98. The van der Waals surface area contributed by atoms with E-state index >= 15 is 0 Å². The number of ether oxygens (including phenoxy) is 1. The minimum absolute atomic E-state index is 0.0344. The first-order valence-electron chi connectivity index (χ1n) is 6.99. The van der Waals surface area contributed by atoms with Crippen molar-refractivity contribution in [1.82, 2.24) is 5.32 Å². The molecule has 110 valence electrons. The number of benzene rings is 1. The molecular formula is C15H23N3O2. The Bertz CT molecular complexity index is 429. The molecule has 20 heavy (non-hydrogen) atoms. The van der Waals surface area contributed by atoms with Crippen LogP contribution in [0, 0.1) is 5.41 Å². The standard InChI is InChI=1S/C15H23N3O2/c1-2-3-4-5-10-20-15(19)18-14(17)13-8-6-12(11-16)7-9-13/h6-9H,2-5,10-11,16H2,1H3,(H2,17,18,19). The van der Waals surface area contributed by atoms with Crippen molar-refractivity contribution in [2.24, 2.45) is 5.73 Å². The van der Waals surface area contributed by atoms with E-state index < -0.39 is 6.09 Å². The van der Waals surface area contributed by atoms with Crippen LogP contribution < -0.4 is 11.1 Å². The van der Waals surface area contributed by atoms with Gasteiger partial charge in [-0.2, -0.15) is 0 Å². The average molecular weight is 277 g/mol. The summed E-state index contributed by atoms with van der Waals surface area (Å²) in [7, 11) is 0. The van der Waals surface area contributed by atoms with Gasteiger partial charge in [-0.1, -0.05) is 50.5 Å².